The highest BCUT2D eigenvalue weighted by Gasteiger charge is 2.25. The third kappa shape index (κ3) is 2.65. The second kappa shape index (κ2) is 5.38. The lowest BCUT2D eigenvalue weighted by atomic mass is 10.1. The van der Waals surface area contributed by atoms with Gasteiger partial charge < -0.3 is 5.32 Å². The monoisotopic (exact) mass is 214 g/mol. The summed E-state index contributed by atoms with van der Waals surface area (Å²) in [5.74, 6) is 2.75. The van der Waals surface area contributed by atoms with Crippen molar-refractivity contribution in [2.75, 3.05) is 31.1 Å². The van der Waals surface area contributed by atoms with Crippen LogP contribution in [0.4, 0.5) is 0 Å². The summed E-state index contributed by atoms with van der Waals surface area (Å²) in [6.45, 7) is 6.11. The lowest BCUT2D eigenvalue weighted by molar-refractivity contribution is 0.207. The van der Waals surface area contributed by atoms with E-state index in [-0.39, 0.29) is 0 Å². The molecule has 0 saturated carbocycles. The fraction of sp³-hybridized carbons (Fsp3) is 1.00. The van der Waals surface area contributed by atoms with Gasteiger partial charge in [-0.15, -0.1) is 0 Å². The van der Waals surface area contributed by atoms with Crippen molar-refractivity contribution in [1.82, 2.24) is 10.2 Å². The van der Waals surface area contributed by atoms with Crippen molar-refractivity contribution in [1.29, 1.82) is 0 Å². The molecule has 0 amide bonds. The van der Waals surface area contributed by atoms with Crippen LogP contribution in [-0.4, -0.2) is 48.1 Å². The molecule has 2 rings (SSSR count). The van der Waals surface area contributed by atoms with E-state index < -0.39 is 0 Å². The van der Waals surface area contributed by atoms with Gasteiger partial charge in [-0.1, -0.05) is 6.92 Å². The van der Waals surface area contributed by atoms with Gasteiger partial charge in [0.05, 0.1) is 0 Å². The largest absolute Gasteiger partial charge is 0.313 e. The third-order valence-corrected chi connectivity index (χ3v) is 4.57. The Bertz CT molecular complexity index is 169. The summed E-state index contributed by atoms with van der Waals surface area (Å²) in [7, 11) is 0. The smallest absolute Gasteiger partial charge is 0.0194 e. The molecule has 0 aromatic carbocycles. The van der Waals surface area contributed by atoms with Crippen LogP contribution < -0.4 is 5.32 Å². The Hall–Kier alpha value is 0.270. The Morgan fingerprint density at radius 1 is 1.50 bits per heavy atom. The molecule has 2 nitrogen and oxygen atoms in total. The number of hydrogen-bond acceptors (Lipinski definition) is 3. The fourth-order valence-corrected chi connectivity index (χ4v) is 3.70. The van der Waals surface area contributed by atoms with Crippen LogP contribution in [0.1, 0.15) is 26.2 Å². The van der Waals surface area contributed by atoms with Crippen LogP contribution in [0, 0.1) is 0 Å². The molecular formula is C11H22N2S. The summed E-state index contributed by atoms with van der Waals surface area (Å²) in [5.41, 5.74) is 0. The lowest BCUT2D eigenvalue weighted by Crippen LogP contribution is -2.42. The molecule has 0 aromatic rings. The van der Waals surface area contributed by atoms with Gasteiger partial charge in [0.2, 0.25) is 0 Å². The minimum absolute atomic E-state index is 0.739. The summed E-state index contributed by atoms with van der Waals surface area (Å²) in [4.78, 5) is 2.73. The van der Waals surface area contributed by atoms with Crippen molar-refractivity contribution >= 4 is 11.8 Å². The Labute approximate surface area is 91.8 Å². The van der Waals surface area contributed by atoms with Gasteiger partial charge in [-0.25, -0.2) is 0 Å². The molecule has 0 radical (unpaired) electrons. The predicted molar refractivity (Wildman–Crippen MR) is 64.0 cm³/mol. The van der Waals surface area contributed by atoms with Crippen LogP contribution in [0.3, 0.4) is 0 Å². The van der Waals surface area contributed by atoms with E-state index in [1.54, 1.807) is 0 Å². The molecule has 2 atom stereocenters. The number of nitrogens with one attached hydrogen (secondary N) is 1. The van der Waals surface area contributed by atoms with E-state index in [2.05, 4.69) is 28.9 Å². The quantitative estimate of drug-likeness (QED) is 0.751. The summed E-state index contributed by atoms with van der Waals surface area (Å²) >= 11 is 2.13. The minimum atomic E-state index is 0.739. The molecule has 0 aliphatic carbocycles. The van der Waals surface area contributed by atoms with Crippen LogP contribution in [-0.2, 0) is 0 Å². The zero-order valence-corrected chi connectivity index (χ0v) is 9.98. The SMILES string of the molecule is CCC1CN(C2CCSC2)CCCN1. The normalized spacial score (nSPS) is 35.8. The molecule has 2 unspecified atom stereocenters. The van der Waals surface area contributed by atoms with Crippen molar-refractivity contribution in [3.8, 4) is 0 Å². The highest BCUT2D eigenvalue weighted by atomic mass is 32.2. The Kier molecular flexibility index (Phi) is 4.14. The first-order chi connectivity index (χ1) is 6.90. The van der Waals surface area contributed by atoms with Gasteiger partial charge in [0, 0.05) is 24.4 Å². The van der Waals surface area contributed by atoms with Gasteiger partial charge in [-0.2, -0.15) is 11.8 Å². The summed E-state index contributed by atoms with van der Waals surface area (Å²) in [6.07, 6.45) is 4.02. The number of rotatable bonds is 2. The van der Waals surface area contributed by atoms with Crippen molar-refractivity contribution in [2.45, 2.75) is 38.3 Å². The van der Waals surface area contributed by atoms with Crippen molar-refractivity contribution in [3.05, 3.63) is 0 Å². The molecule has 2 heterocycles. The molecule has 2 aliphatic rings. The van der Waals surface area contributed by atoms with Crippen LogP contribution in [0.5, 0.6) is 0 Å². The molecule has 2 fully saturated rings. The second-order valence-electron chi connectivity index (χ2n) is 4.43. The summed E-state index contributed by atoms with van der Waals surface area (Å²) < 4.78 is 0. The van der Waals surface area contributed by atoms with E-state index in [9.17, 15) is 0 Å². The van der Waals surface area contributed by atoms with Gasteiger partial charge in [0.1, 0.15) is 0 Å². The first kappa shape index (κ1) is 10.8. The zero-order chi connectivity index (χ0) is 9.80. The van der Waals surface area contributed by atoms with Crippen molar-refractivity contribution in [2.24, 2.45) is 0 Å². The van der Waals surface area contributed by atoms with Crippen molar-refractivity contribution < 1.29 is 0 Å². The van der Waals surface area contributed by atoms with Crippen LogP contribution >= 0.6 is 11.8 Å². The van der Waals surface area contributed by atoms with E-state index in [0.717, 1.165) is 12.1 Å². The molecule has 2 aliphatic heterocycles. The molecule has 82 valence electrons. The molecule has 2 saturated heterocycles. The van der Waals surface area contributed by atoms with Crippen LogP contribution in [0.25, 0.3) is 0 Å². The maximum atomic E-state index is 3.64. The number of nitrogens with zero attached hydrogens (tertiary/aromatic N) is 1. The van der Waals surface area contributed by atoms with E-state index in [1.165, 1.54) is 50.4 Å². The average Bonchev–Trinajstić information content (AvgIpc) is 2.63. The minimum Gasteiger partial charge on any atom is -0.313 e. The van der Waals surface area contributed by atoms with Gasteiger partial charge in [0.25, 0.3) is 0 Å². The Morgan fingerprint density at radius 2 is 2.43 bits per heavy atom. The summed E-state index contributed by atoms with van der Waals surface area (Å²) in [5, 5.41) is 3.64. The number of thioether (sulfide) groups is 1. The Morgan fingerprint density at radius 3 is 3.14 bits per heavy atom. The fourth-order valence-electron chi connectivity index (χ4n) is 2.44. The molecule has 0 bridgehead atoms. The Balaban J connectivity index is 1.88. The van der Waals surface area contributed by atoms with Gasteiger partial charge in [-0.3, -0.25) is 4.90 Å². The van der Waals surface area contributed by atoms with Gasteiger partial charge in [-0.05, 0) is 38.1 Å². The first-order valence-electron chi connectivity index (χ1n) is 5.95. The average molecular weight is 214 g/mol. The standard InChI is InChI=1S/C11H22N2S/c1-2-10-8-13(6-3-5-12-10)11-4-7-14-9-11/h10-12H,2-9H2,1H3. The third-order valence-electron chi connectivity index (χ3n) is 3.42. The molecule has 1 N–H and O–H groups in total. The maximum Gasteiger partial charge on any atom is 0.0194 e. The zero-order valence-electron chi connectivity index (χ0n) is 9.17. The van der Waals surface area contributed by atoms with Crippen LogP contribution in [0.2, 0.25) is 0 Å². The van der Waals surface area contributed by atoms with Crippen LogP contribution in [0.15, 0.2) is 0 Å². The maximum absolute atomic E-state index is 3.64. The van der Waals surface area contributed by atoms with E-state index in [0.29, 0.717) is 0 Å². The summed E-state index contributed by atoms with van der Waals surface area (Å²) in [6, 6.07) is 1.62. The molecular weight excluding hydrogens is 192 g/mol. The molecule has 14 heavy (non-hydrogen) atoms. The first-order valence-corrected chi connectivity index (χ1v) is 7.11. The van der Waals surface area contributed by atoms with E-state index in [1.807, 2.05) is 0 Å². The molecule has 3 heteroatoms. The topological polar surface area (TPSA) is 15.3 Å². The van der Waals surface area contributed by atoms with Gasteiger partial charge in [0.15, 0.2) is 0 Å². The second-order valence-corrected chi connectivity index (χ2v) is 5.58. The molecule has 0 aromatic heterocycles. The lowest BCUT2D eigenvalue weighted by Gasteiger charge is -2.29. The van der Waals surface area contributed by atoms with E-state index in [4.69, 9.17) is 0 Å². The van der Waals surface area contributed by atoms with E-state index >= 15 is 0 Å². The highest BCUT2D eigenvalue weighted by molar-refractivity contribution is 7.99. The molecule has 0 spiro atoms. The predicted octanol–water partition coefficient (Wildman–Crippen LogP) is 1.57. The highest BCUT2D eigenvalue weighted by Crippen LogP contribution is 2.23. The van der Waals surface area contributed by atoms with Crippen molar-refractivity contribution in [3.63, 3.8) is 0 Å². The number of hydrogen-bond donors (Lipinski definition) is 1. The van der Waals surface area contributed by atoms with Gasteiger partial charge >= 0.3 is 0 Å².